The van der Waals surface area contributed by atoms with Crippen molar-refractivity contribution in [3.8, 4) is 5.75 Å². The average Bonchev–Trinajstić information content (AvgIpc) is 2.39. The molecule has 0 N–H and O–H groups in total. The first kappa shape index (κ1) is 15.5. The molecule has 0 spiro atoms. The van der Waals surface area contributed by atoms with Crippen LogP contribution in [0.2, 0.25) is 0 Å². The van der Waals surface area contributed by atoms with Gasteiger partial charge >= 0.3 is 0 Å². The minimum absolute atomic E-state index is 0.0253. The van der Waals surface area contributed by atoms with E-state index in [0.717, 1.165) is 8.95 Å². The predicted octanol–water partition coefficient (Wildman–Crippen LogP) is 5.46. The van der Waals surface area contributed by atoms with E-state index >= 15 is 0 Å². The number of halogens is 3. The lowest BCUT2D eigenvalue weighted by Gasteiger charge is -2.11. The van der Waals surface area contributed by atoms with Crippen LogP contribution in [0.3, 0.4) is 0 Å². The van der Waals surface area contributed by atoms with E-state index in [1.807, 2.05) is 18.2 Å². The lowest BCUT2D eigenvalue weighted by Crippen LogP contribution is -2.00. The van der Waals surface area contributed by atoms with Gasteiger partial charge in [0.2, 0.25) is 0 Å². The number of para-hydroxylation sites is 1. The Hall–Kier alpha value is -0.920. The zero-order chi connectivity index (χ0) is 14.7. The molecule has 0 aliphatic carbocycles. The van der Waals surface area contributed by atoms with Gasteiger partial charge in [0.05, 0.1) is 13.9 Å². The molecule has 7 heteroatoms. The van der Waals surface area contributed by atoms with Gasteiger partial charge in [-0.2, -0.15) is 0 Å². The number of nitro benzene ring substituents is 1. The lowest BCUT2D eigenvalue weighted by molar-refractivity contribution is -0.385. The highest BCUT2D eigenvalue weighted by Gasteiger charge is 2.15. The van der Waals surface area contributed by atoms with Crippen LogP contribution >= 0.6 is 47.8 Å². The maximum absolute atomic E-state index is 10.9. The number of benzene rings is 2. The second kappa shape index (κ2) is 6.69. The van der Waals surface area contributed by atoms with Crippen molar-refractivity contribution in [1.82, 2.24) is 0 Å². The molecule has 0 amide bonds. The molecule has 2 aromatic rings. The second-order valence-electron chi connectivity index (χ2n) is 3.85. The molecule has 0 radical (unpaired) electrons. The highest BCUT2D eigenvalue weighted by Crippen LogP contribution is 2.35. The van der Waals surface area contributed by atoms with Crippen LogP contribution in [0, 0.1) is 10.1 Å². The molecule has 0 aromatic heterocycles. The number of nitro groups is 1. The molecule has 104 valence electrons. The third-order valence-corrected chi connectivity index (χ3v) is 4.71. The van der Waals surface area contributed by atoms with Gasteiger partial charge in [-0.05, 0) is 59.9 Å². The lowest BCUT2D eigenvalue weighted by atomic mass is 10.2. The molecule has 20 heavy (non-hydrogen) atoms. The maximum Gasteiger partial charge on any atom is 0.283 e. The van der Waals surface area contributed by atoms with Crippen LogP contribution in [0.1, 0.15) is 5.56 Å². The van der Waals surface area contributed by atoms with Crippen molar-refractivity contribution in [1.29, 1.82) is 0 Å². The molecule has 0 aliphatic rings. The van der Waals surface area contributed by atoms with Crippen LogP contribution in [0.5, 0.6) is 5.75 Å². The number of rotatable bonds is 4. The van der Waals surface area contributed by atoms with Gasteiger partial charge < -0.3 is 4.74 Å². The van der Waals surface area contributed by atoms with Crippen molar-refractivity contribution >= 4 is 53.5 Å². The first-order chi connectivity index (χ1) is 9.50. The van der Waals surface area contributed by atoms with Gasteiger partial charge in [-0.15, -0.1) is 0 Å². The Bertz CT molecular complexity index is 641. The molecule has 4 nitrogen and oxygen atoms in total. The molecule has 0 saturated carbocycles. The Morgan fingerprint density at radius 1 is 1.05 bits per heavy atom. The van der Waals surface area contributed by atoms with E-state index in [-0.39, 0.29) is 12.3 Å². The summed E-state index contributed by atoms with van der Waals surface area (Å²) in [5.41, 5.74) is 0.735. The van der Waals surface area contributed by atoms with Crippen molar-refractivity contribution in [2.45, 2.75) is 6.61 Å². The summed E-state index contributed by atoms with van der Waals surface area (Å²) in [6, 6.07) is 10.5. The fourth-order valence-electron chi connectivity index (χ4n) is 1.59. The minimum atomic E-state index is -0.429. The van der Waals surface area contributed by atoms with E-state index in [0.29, 0.717) is 15.8 Å². The fourth-order valence-corrected chi connectivity index (χ4v) is 3.34. The minimum Gasteiger partial charge on any atom is -0.486 e. The Kier molecular flexibility index (Phi) is 5.17. The van der Waals surface area contributed by atoms with E-state index in [4.69, 9.17) is 4.74 Å². The summed E-state index contributed by atoms with van der Waals surface area (Å²) in [4.78, 5) is 10.4. The van der Waals surface area contributed by atoms with Crippen LogP contribution in [-0.4, -0.2) is 4.92 Å². The van der Waals surface area contributed by atoms with Crippen molar-refractivity contribution in [2.75, 3.05) is 0 Å². The standard InChI is InChI=1S/C13H8Br3NO3/c14-9-4-2-5-10(15)13(9)20-7-8-3-1-6-11(12(8)16)17(18)19/h1-6H,7H2. The number of nitrogens with zero attached hydrogens (tertiary/aromatic N) is 1. The smallest absolute Gasteiger partial charge is 0.283 e. The molecule has 2 aromatic carbocycles. The summed E-state index contributed by atoms with van der Waals surface area (Å²) >= 11 is 10.1. The number of hydrogen-bond acceptors (Lipinski definition) is 3. The summed E-state index contributed by atoms with van der Waals surface area (Å²) in [5, 5.41) is 10.9. The highest BCUT2D eigenvalue weighted by molar-refractivity contribution is 9.11. The average molecular weight is 466 g/mol. The summed E-state index contributed by atoms with van der Waals surface area (Å²) in [6.45, 7) is 0.226. The van der Waals surface area contributed by atoms with Gasteiger partial charge in [-0.1, -0.05) is 18.2 Å². The summed E-state index contributed by atoms with van der Waals surface area (Å²) in [7, 11) is 0. The number of hydrogen-bond donors (Lipinski definition) is 0. The monoisotopic (exact) mass is 463 g/mol. The normalized spacial score (nSPS) is 10.3. The van der Waals surface area contributed by atoms with Crippen molar-refractivity contribution in [3.63, 3.8) is 0 Å². The summed E-state index contributed by atoms with van der Waals surface area (Å²) in [5.74, 6) is 0.658. The van der Waals surface area contributed by atoms with E-state index in [1.165, 1.54) is 6.07 Å². The Morgan fingerprint density at radius 3 is 2.25 bits per heavy atom. The van der Waals surface area contributed by atoms with Crippen molar-refractivity contribution in [2.24, 2.45) is 0 Å². The van der Waals surface area contributed by atoms with Crippen LogP contribution in [0.25, 0.3) is 0 Å². The van der Waals surface area contributed by atoms with Crippen molar-refractivity contribution in [3.05, 3.63) is 65.5 Å². The predicted molar refractivity (Wildman–Crippen MR) is 87.0 cm³/mol. The van der Waals surface area contributed by atoms with Gasteiger partial charge in [-0.3, -0.25) is 10.1 Å². The molecule has 2 rings (SSSR count). The highest BCUT2D eigenvalue weighted by atomic mass is 79.9. The molecular formula is C13H8Br3NO3. The fraction of sp³-hybridized carbons (Fsp3) is 0.0769. The Morgan fingerprint density at radius 2 is 1.65 bits per heavy atom. The van der Waals surface area contributed by atoms with Crippen molar-refractivity contribution < 1.29 is 9.66 Å². The van der Waals surface area contributed by atoms with Gasteiger partial charge in [0.15, 0.2) is 0 Å². The first-order valence-electron chi connectivity index (χ1n) is 5.49. The molecular weight excluding hydrogens is 458 g/mol. The SMILES string of the molecule is O=[N+]([O-])c1cccc(COc2c(Br)cccc2Br)c1Br. The summed E-state index contributed by atoms with van der Waals surface area (Å²) < 4.78 is 7.79. The second-order valence-corrected chi connectivity index (χ2v) is 6.35. The zero-order valence-corrected chi connectivity index (χ0v) is 14.7. The third kappa shape index (κ3) is 3.39. The Labute approximate surface area is 140 Å². The molecule has 0 atom stereocenters. The van der Waals surface area contributed by atoms with E-state index in [1.54, 1.807) is 12.1 Å². The Balaban J connectivity index is 2.24. The zero-order valence-electron chi connectivity index (χ0n) is 9.98. The molecule has 0 aliphatic heterocycles. The topological polar surface area (TPSA) is 52.4 Å². The van der Waals surface area contributed by atoms with E-state index in [9.17, 15) is 10.1 Å². The molecule has 0 saturated heterocycles. The van der Waals surface area contributed by atoms with Crippen LogP contribution < -0.4 is 4.74 Å². The van der Waals surface area contributed by atoms with E-state index in [2.05, 4.69) is 47.8 Å². The molecule has 0 heterocycles. The largest absolute Gasteiger partial charge is 0.486 e. The van der Waals surface area contributed by atoms with E-state index < -0.39 is 4.92 Å². The quantitative estimate of drug-likeness (QED) is 0.445. The van der Waals surface area contributed by atoms with Gasteiger partial charge in [-0.25, -0.2) is 0 Å². The van der Waals surface area contributed by atoms with Gasteiger partial charge in [0, 0.05) is 11.6 Å². The summed E-state index contributed by atoms with van der Waals surface area (Å²) in [6.07, 6.45) is 0. The maximum atomic E-state index is 10.9. The van der Waals surface area contributed by atoms with Gasteiger partial charge in [0.1, 0.15) is 16.8 Å². The van der Waals surface area contributed by atoms with Crippen LogP contribution in [-0.2, 0) is 6.61 Å². The molecule has 0 fully saturated rings. The third-order valence-electron chi connectivity index (χ3n) is 2.55. The molecule has 0 bridgehead atoms. The molecule has 0 unspecified atom stereocenters. The van der Waals surface area contributed by atoms with Crippen LogP contribution in [0.15, 0.2) is 49.8 Å². The first-order valence-corrected chi connectivity index (χ1v) is 7.87. The van der Waals surface area contributed by atoms with Gasteiger partial charge in [0.25, 0.3) is 5.69 Å². The van der Waals surface area contributed by atoms with Crippen LogP contribution in [0.4, 0.5) is 5.69 Å². The number of ether oxygens (including phenoxy) is 1.